The minimum absolute atomic E-state index is 0. The fraction of sp³-hybridized carbons (Fsp3) is 0.227. The molecule has 33 heavy (non-hydrogen) atoms. The van der Waals surface area contributed by atoms with Crippen molar-refractivity contribution in [2.75, 3.05) is 20.1 Å². The molecule has 0 aliphatic carbocycles. The summed E-state index contributed by atoms with van der Waals surface area (Å²) >= 11 is 0. The number of rotatable bonds is 7. The van der Waals surface area contributed by atoms with Crippen molar-refractivity contribution in [1.82, 2.24) is 20.9 Å². The molecule has 1 aromatic heterocycles. The lowest BCUT2D eigenvalue weighted by Crippen LogP contribution is -2.41. The van der Waals surface area contributed by atoms with Gasteiger partial charge in [-0.15, -0.1) is 24.0 Å². The minimum atomic E-state index is -4.43. The van der Waals surface area contributed by atoms with Crippen LogP contribution in [0.2, 0.25) is 0 Å². The molecular weight excluding hydrogens is 550 g/mol. The summed E-state index contributed by atoms with van der Waals surface area (Å²) in [6.07, 6.45) is -2.87. The number of amides is 1. The van der Waals surface area contributed by atoms with Gasteiger partial charge in [-0.25, -0.2) is 4.98 Å². The number of hydrogen-bond donors (Lipinski definition) is 3. The molecule has 176 valence electrons. The highest BCUT2D eigenvalue weighted by molar-refractivity contribution is 14.0. The second-order valence-corrected chi connectivity index (χ2v) is 6.69. The van der Waals surface area contributed by atoms with E-state index in [4.69, 9.17) is 4.42 Å². The van der Waals surface area contributed by atoms with E-state index in [1.54, 1.807) is 13.3 Å². The number of halogens is 4. The second-order valence-electron chi connectivity index (χ2n) is 6.69. The lowest BCUT2D eigenvalue weighted by atomic mass is 10.1. The molecule has 3 N–H and O–H groups in total. The first kappa shape index (κ1) is 26.2. The van der Waals surface area contributed by atoms with E-state index >= 15 is 0 Å². The first-order chi connectivity index (χ1) is 15.4. The number of aliphatic imine (C=N–C) groups is 1. The van der Waals surface area contributed by atoms with E-state index in [2.05, 4.69) is 25.9 Å². The monoisotopic (exact) mass is 573 g/mol. The average molecular weight is 573 g/mol. The maximum Gasteiger partial charge on any atom is 0.416 e. The zero-order chi connectivity index (χ0) is 23.0. The van der Waals surface area contributed by atoms with Crippen molar-refractivity contribution < 1.29 is 22.4 Å². The van der Waals surface area contributed by atoms with Gasteiger partial charge in [-0.2, -0.15) is 13.2 Å². The molecule has 0 aliphatic rings. The van der Waals surface area contributed by atoms with Crippen LogP contribution in [0.4, 0.5) is 13.2 Å². The standard InChI is InChI=1S/C22H22F3N5O2.HI/c1-26-21(29-13-18-14-32-20(30-18)16-5-3-2-4-6-16)28-12-11-27-19(31)15-7-9-17(10-8-15)22(23,24)25;/h2-10,14H,11-13H2,1H3,(H,27,31)(H2,26,28,29);1H. The van der Waals surface area contributed by atoms with Crippen LogP contribution >= 0.6 is 24.0 Å². The SMILES string of the molecule is CN=C(NCCNC(=O)c1ccc(C(F)(F)F)cc1)NCc1coc(-c2ccccc2)n1.I. The van der Waals surface area contributed by atoms with Crippen molar-refractivity contribution in [3.63, 3.8) is 0 Å². The predicted octanol–water partition coefficient (Wildman–Crippen LogP) is 4.07. The number of carbonyl (C=O) groups is 1. The largest absolute Gasteiger partial charge is 0.444 e. The number of carbonyl (C=O) groups excluding carboxylic acids is 1. The summed E-state index contributed by atoms with van der Waals surface area (Å²) in [4.78, 5) is 20.6. The summed E-state index contributed by atoms with van der Waals surface area (Å²) in [6, 6.07) is 13.6. The van der Waals surface area contributed by atoms with Gasteiger partial charge in [-0.05, 0) is 36.4 Å². The zero-order valence-corrected chi connectivity index (χ0v) is 20.0. The summed E-state index contributed by atoms with van der Waals surface area (Å²) in [7, 11) is 1.61. The lowest BCUT2D eigenvalue weighted by Gasteiger charge is -2.12. The maximum absolute atomic E-state index is 12.6. The van der Waals surface area contributed by atoms with Gasteiger partial charge in [0.15, 0.2) is 5.96 Å². The first-order valence-corrected chi connectivity index (χ1v) is 9.76. The Kier molecular flexibility index (Phi) is 9.70. The van der Waals surface area contributed by atoms with E-state index in [1.165, 1.54) is 0 Å². The van der Waals surface area contributed by atoms with Crippen LogP contribution in [-0.4, -0.2) is 37.0 Å². The predicted molar refractivity (Wildman–Crippen MR) is 129 cm³/mol. The van der Waals surface area contributed by atoms with Crippen molar-refractivity contribution in [2.24, 2.45) is 4.99 Å². The third-order valence-corrected chi connectivity index (χ3v) is 4.41. The summed E-state index contributed by atoms with van der Waals surface area (Å²) < 4.78 is 43.3. The van der Waals surface area contributed by atoms with Gasteiger partial charge in [0, 0.05) is 31.3 Å². The average Bonchev–Trinajstić information content (AvgIpc) is 3.27. The molecule has 0 atom stereocenters. The molecule has 0 saturated heterocycles. The Morgan fingerprint density at radius 1 is 1.00 bits per heavy atom. The Morgan fingerprint density at radius 3 is 2.30 bits per heavy atom. The van der Waals surface area contributed by atoms with E-state index in [0.717, 1.165) is 29.8 Å². The van der Waals surface area contributed by atoms with Gasteiger partial charge in [0.05, 0.1) is 17.8 Å². The molecule has 0 spiro atoms. The van der Waals surface area contributed by atoms with Gasteiger partial charge < -0.3 is 20.4 Å². The molecule has 0 radical (unpaired) electrons. The number of aromatic nitrogens is 1. The van der Waals surface area contributed by atoms with E-state index in [9.17, 15) is 18.0 Å². The minimum Gasteiger partial charge on any atom is -0.444 e. The highest BCUT2D eigenvalue weighted by Crippen LogP contribution is 2.29. The fourth-order valence-electron chi connectivity index (χ4n) is 2.77. The van der Waals surface area contributed by atoms with Crippen LogP contribution in [0, 0.1) is 0 Å². The molecule has 1 heterocycles. The lowest BCUT2D eigenvalue weighted by molar-refractivity contribution is -0.137. The Morgan fingerprint density at radius 2 is 1.67 bits per heavy atom. The molecule has 0 bridgehead atoms. The van der Waals surface area contributed by atoms with Gasteiger partial charge in [0.1, 0.15) is 6.26 Å². The summed E-state index contributed by atoms with van der Waals surface area (Å²) in [5, 5.41) is 8.76. The molecule has 7 nitrogen and oxygen atoms in total. The molecule has 1 amide bonds. The van der Waals surface area contributed by atoms with Gasteiger partial charge >= 0.3 is 6.18 Å². The van der Waals surface area contributed by atoms with Gasteiger partial charge in [-0.3, -0.25) is 9.79 Å². The van der Waals surface area contributed by atoms with Crippen molar-refractivity contribution in [1.29, 1.82) is 0 Å². The number of nitrogens with zero attached hydrogens (tertiary/aromatic N) is 2. The quantitative estimate of drug-likeness (QED) is 0.172. The Labute approximate surface area is 205 Å². The maximum atomic E-state index is 12.6. The molecule has 0 saturated carbocycles. The van der Waals surface area contributed by atoms with Crippen LogP contribution in [-0.2, 0) is 12.7 Å². The van der Waals surface area contributed by atoms with Crippen molar-refractivity contribution >= 4 is 35.8 Å². The van der Waals surface area contributed by atoms with E-state index in [-0.39, 0.29) is 36.1 Å². The molecular formula is C22H23F3IN5O2. The van der Waals surface area contributed by atoms with Crippen LogP contribution in [0.25, 0.3) is 11.5 Å². The third-order valence-electron chi connectivity index (χ3n) is 4.41. The molecule has 3 rings (SSSR count). The normalized spacial score (nSPS) is 11.5. The fourth-order valence-corrected chi connectivity index (χ4v) is 2.77. The van der Waals surface area contributed by atoms with Crippen LogP contribution in [0.15, 0.2) is 70.3 Å². The second kappa shape index (κ2) is 12.2. The Balaban J connectivity index is 0.00000385. The smallest absolute Gasteiger partial charge is 0.416 e. The number of nitrogens with one attached hydrogen (secondary N) is 3. The highest BCUT2D eigenvalue weighted by atomic mass is 127. The molecule has 0 fully saturated rings. The van der Waals surface area contributed by atoms with Crippen LogP contribution in [0.5, 0.6) is 0 Å². The van der Waals surface area contributed by atoms with Crippen LogP contribution in [0.3, 0.4) is 0 Å². The van der Waals surface area contributed by atoms with Crippen LogP contribution in [0.1, 0.15) is 21.6 Å². The van der Waals surface area contributed by atoms with E-state index < -0.39 is 17.6 Å². The highest BCUT2D eigenvalue weighted by Gasteiger charge is 2.30. The van der Waals surface area contributed by atoms with E-state index in [0.29, 0.717) is 30.6 Å². The Bertz CT molecular complexity index is 1050. The van der Waals surface area contributed by atoms with Gasteiger partial charge in [0.2, 0.25) is 5.89 Å². The topological polar surface area (TPSA) is 91.5 Å². The summed E-state index contributed by atoms with van der Waals surface area (Å²) in [5.74, 6) is 0.564. The molecule has 2 aromatic carbocycles. The number of hydrogen-bond acceptors (Lipinski definition) is 4. The van der Waals surface area contributed by atoms with Crippen molar-refractivity contribution in [3.8, 4) is 11.5 Å². The van der Waals surface area contributed by atoms with Crippen molar-refractivity contribution in [3.05, 3.63) is 77.7 Å². The Hall–Kier alpha value is -3.09. The van der Waals surface area contributed by atoms with Crippen LogP contribution < -0.4 is 16.0 Å². The number of benzene rings is 2. The molecule has 0 unspecified atom stereocenters. The molecule has 11 heteroatoms. The molecule has 0 aliphatic heterocycles. The first-order valence-electron chi connectivity index (χ1n) is 9.76. The third kappa shape index (κ3) is 7.77. The van der Waals surface area contributed by atoms with Gasteiger partial charge in [0.25, 0.3) is 5.91 Å². The van der Waals surface area contributed by atoms with E-state index in [1.807, 2.05) is 30.3 Å². The summed E-state index contributed by atoms with van der Waals surface area (Å²) in [5.41, 5.74) is 0.932. The zero-order valence-electron chi connectivity index (χ0n) is 17.6. The number of guanidine groups is 1. The van der Waals surface area contributed by atoms with Crippen molar-refractivity contribution in [2.45, 2.75) is 12.7 Å². The summed E-state index contributed by atoms with van der Waals surface area (Å²) in [6.45, 7) is 0.997. The van der Waals surface area contributed by atoms with Gasteiger partial charge in [-0.1, -0.05) is 18.2 Å². The number of oxazole rings is 1. The number of alkyl halides is 3. The molecule has 3 aromatic rings.